The molecule has 3 amide bonds. The van der Waals surface area contributed by atoms with E-state index in [1.54, 1.807) is 38.4 Å². The van der Waals surface area contributed by atoms with Gasteiger partial charge in [-0.2, -0.15) is 0 Å². The van der Waals surface area contributed by atoms with E-state index < -0.39 is 0 Å². The molecule has 0 atom stereocenters. The van der Waals surface area contributed by atoms with Gasteiger partial charge in [-0.25, -0.2) is 4.79 Å². The molecule has 1 aromatic rings. The first kappa shape index (κ1) is 18.3. The Morgan fingerprint density at radius 3 is 2.58 bits per heavy atom. The van der Waals surface area contributed by atoms with E-state index in [-0.39, 0.29) is 11.9 Å². The highest BCUT2D eigenvalue weighted by molar-refractivity contribution is 5.96. The van der Waals surface area contributed by atoms with Gasteiger partial charge < -0.3 is 20.4 Å². The Bertz CT molecular complexity index is 566. The van der Waals surface area contributed by atoms with Crippen LogP contribution in [0.3, 0.4) is 0 Å². The van der Waals surface area contributed by atoms with Gasteiger partial charge >= 0.3 is 6.03 Å². The third-order valence-electron chi connectivity index (χ3n) is 4.35. The highest BCUT2D eigenvalue weighted by Crippen LogP contribution is 2.20. The summed E-state index contributed by atoms with van der Waals surface area (Å²) in [6, 6.07) is 6.94. The second-order valence-corrected chi connectivity index (χ2v) is 6.45. The van der Waals surface area contributed by atoms with Gasteiger partial charge in [-0.05, 0) is 50.0 Å². The van der Waals surface area contributed by atoms with Crippen molar-refractivity contribution < 1.29 is 9.59 Å². The molecule has 24 heavy (non-hydrogen) atoms. The molecule has 0 unspecified atom stereocenters. The third-order valence-corrected chi connectivity index (χ3v) is 4.35. The van der Waals surface area contributed by atoms with E-state index in [0.29, 0.717) is 17.2 Å². The number of anilines is 1. The maximum absolute atomic E-state index is 12.7. The highest BCUT2D eigenvalue weighted by atomic mass is 16.2. The molecule has 0 bridgehead atoms. The molecule has 6 heteroatoms. The van der Waals surface area contributed by atoms with Crippen LogP contribution in [-0.4, -0.2) is 62.0 Å². The summed E-state index contributed by atoms with van der Waals surface area (Å²) in [5.74, 6) is 0.692. The maximum Gasteiger partial charge on any atom is 0.321 e. The van der Waals surface area contributed by atoms with Gasteiger partial charge in [0.1, 0.15) is 0 Å². The largest absolute Gasteiger partial charge is 0.339 e. The molecule has 6 nitrogen and oxygen atoms in total. The van der Waals surface area contributed by atoms with Crippen LogP contribution >= 0.6 is 0 Å². The molecular weight excluding hydrogens is 304 g/mol. The lowest BCUT2D eigenvalue weighted by molar-refractivity contribution is 0.0690. The summed E-state index contributed by atoms with van der Waals surface area (Å²) in [6.45, 7) is 5.72. The molecule has 1 aliphatic rings. The van der Waals surface area contributed by atoms with Gasteiger partial charge in [0.15, 0.2) is 0 Å². The summed E-state index contributed by atoms with van der Waals surface area (Å²) in [7, 11) is 3.36. The number of benzene rings is 1. The molecule has 0 spiro atoms. The van der Waals surface area contributed by atoms with E-state index in [9.17, 15) is 9.59 Å². The van der Waals surface area contributed by atoms with Crippen molar-refractivity contribution >= 4 is 17.6 Å². The number of amides is 3. The highest BCUT2D eigenvalue weighted by Gasteiger charge is 2.23. The molecule has 0 radical (unpaired) electrons. The number of piperidine rings is 1. The molecule has 1 saturated heterocycles. The van der Waals surface area contributed by atoms with E-state index in [1.165, 1.54) is 4.90 Å². The summed E-state index contributed by atoms with van der Waals surface area (Å²) >= 11 is 0. The minimum Gasteiger partial charge on any atom is -0.339 e. The predicted molar refractivity (Wildman–Crippen MR) is 96.3 cm³/mol. The molecule has 1 aromatic carbocycles. The van der Waals surface area contributed by atoms with Crippen LogP contribution in [-0.2, 0) is 0 Å². The maximum atomic E-state index is 12.7. The Labute approximate surface area is 144 Å². The van der Waals surface area contributed by atoms with Crippen molar-refractivity contribution in [1.29, 1.82) is 0 Å². The van der Waals surface area contributed by atoms with Crippen molar-refractivity contribution in [3.05, 3.63) is 29.8 Å². The fourth-order valence-corrected chi connectivity index (χ4v) is 2.84. The fourth-order valence-electron chi connectivity index (χ4n) is 2.84. The Morgan fingerprint density at radius 2 is 1.96 bits per heavy atom. The Morgan fingerprint density at radius 1 is 1.25 bits per heavy atom. The molecule has 0 aromatic heterocycles. The van der Waals surface area contributed by atoms with Crippen LogP contribution in [0.2, 0.25) is 0 Å². The van der Waals surface area contributed by atoms with Gasteiger partial charge in [-0.1, -0.05) is 13.0 Å². The summed E-state index contributed by atoms with van der Waals surface area (Å²) in [5, 5.41) is 6.16. The first-order valence-corrected chi connectivity index (χ1v) is 8.59. The van der Waals surface area contributed by atoms with Gasteiger partial charge in [0.2, 0.25) is 0 Å². The van der Waals surface area contributed by atoms with E-state index in [4.69, 9.17) is 0 Å². The van der Waals surface area contributed by atoms with Crippen molar-refractivity contribution in [3.63, 3.8) is 0 Å². The summed E-state index contributed by atoms with van der Waals surface area (Å²) < 4.78 is 0. The molecular formula is C18H28N4O2. The van der Waals surface area contributed by atoms with Gasteiger partial charge in [0, 0.05) is 38.4 Å². The molecule has 2 N–H and O–H groups in total. The van der Waals surface area contributed by atoms with Crippen LogP contribution in [0.25, 0.3) is 0 Å². The number of rotatable bonds is 5. The lowest BCUT2D eigenvalue weighted by atomic mass is 9.96. The normalized spacial score (nSPS) is 15.2. The van der Waals surface area contributed by atoms with E-state index in [1.807, 2.05) is 4.90 Å². The Hall–Kier alpha value is -2.08. The zero-order valence-electron chi connectivity index (χ0n) is 14.8. The SMILES string of the molecule is CCNCC1CCN(C(=O)c2cccc(NC(=O)N(C)C)c2)CC1. The van der Waals surface area contributed by atoms with Crippen molar-refractivity contribution in [3.8, 4) is 0 Å². The number of likely N-dealkylation sites (tertiary alicyclic amines) is 1. The zero-order chi connectivity index (χ0) is 17.5. The first-order valence-electron chi connectivity index (χ1n) is 8.59. The molecule has 132 valence electrons. The number of hydrogen-bond donors (Lipinski definition) is 2. The third kappa shape index (κ3) is 4.96. The minimum absolute atomic E-state index is 0.0397. The smallest absolute Gasteiger partial charge is 0.321 e. The van der Waals surface area contributed by atoms with Gasteiger partial charge in [-0.15, -0.1) is 0 Å². The molecule has 0 saturated carbocycles. The lowest BCUT2D eigenvalue weighted by Gasteiger charge is -2.32. The lowest BCUT2D eigenvalue weighted by Crippen LogP contribution is -2.40. The van der Waals surface area contributed by atoms with Gasteiger partial charge in [0.25, 0.3) is 5.91 Å². The van der Waals surface area contributed by atoms with Gasteiger partial charge in [0.05, 0.1) is 0 Å². The molecule has 1 fully saturated rings. The van der Waals surface area contributed by atoms with Crippen LogP contribution in [0.5, 0.6) is 0 Å². The van der Waals surface area contributed by atoms with Crippen molar-refractivity contribution in [2.24, 2.45) is 5.92 Å². The minimum atomic E-state index is -0.205. The van der Waals surface area contributed by atoms with Crippen LogP contribution in [0.15, 0.2) is 24.3 Å². The van der Waals surface area contributed by atoms with Crippen LogP contribution in [0.1, 0.15) is 30.1 Å². The quantitative estimate of drug-likeness (QED) is 0.869. The van der Waals surface area contributed by atoms with Gasteiger partial charge in [-0.3, -0.25) is 4.79 Å². The van der Waals surface area contributed by atoms with E-state index in [0.717, 1.165) is 39.0 Å². The fraction of sp³-hybridized carbons (Fsp3) is 0.556. The van der Waals surface area contributed by atoms with E-state index in [2.05, 4.69) is 17.6 Å². The second kappa shape index (κ2) is 8.68. The number of nitrogens with one attached hydrogen (secondary N) is 2. The standard InChI is InChI=1S/C18H28N4O2/c1-4-19-13-14-8-10-22(11-9-14)17(23)15-6-5-7-16(12-15)20-18(24)21(2)3/h5-7,12,14,19H,4,8-11,13H2,1-3H3,(H,20,24). The Balaban J connectivity index is 1.94. The number of hydrogen-bond acceptors (Lipinski definition) is 3. The monoisotopic (exact) mass is 332 g/mol. The molecule has 1 aliphatic heterocycles. The predicted octanol–water partition coefficient (Wildman–Crippen LogP) is 2.24. The van der Waals surface area contributed by atoms with E-state index >= 15 is 0 Å². The zero-order valence-corrected chi connectivity index (χ0v) is 14.8. The second-order valence-electron chi connectivity index (χ2n) is 6.45. The number of urea groups is 1. The summed E-state index contributed by atoms with van der Waals surface area (Å²) in [5.41, 5.74) is 1.26. The average Bonchev–Trinajstić information content (AvgIpc) is 2.60. The van der Waals surface area contributed by atoms with Crippen molar-refractivity contribution in [1.82, 2.24) is 15.1 Å². The van der Waals surface area contributed by atoms with Crippen molar-refractivity contribution in [2.45, 2.75) is 19.8 Å². The summed E-state index contributed by atoms with van der Waals surface area (Å²) in [4.78, 5) is 27.8. The molecule has 1 heterocycles. The topological polar surface area (TPSA) is 64.7 Å². The van der Waals surface area contributed by atoms with Crippen molar-refractivity contribution in [2.75, 3.05) is 45.6 Å². The number of carbonyl (C=O) groups excluding carboxylic acids is 2. The van der Waals surface area contributed by atoms with Crippen LogP contribution in [0.4, 0.5) is 10.5 Å². The number of nitrogens with zero attached hydrogens (tertiary/aromatic N) is 2. The summed E-state index contributed by atoms with van der Waals surface area (Å²) in [6.07, 6.45) is 2.07. The average molecular weight is 332 g/mol. The van der Waals surface area contributed by atoms with Crippen LogP contribution < -0.4 is 10.6 Å². The Kier molecular flexibility index (Phi) is 6.61. The first-order chi connectivity index (χ1) is 11.5. The molecule has 2 rings (SSSR count). The molecule has 0 aliphatic carbocycles. The van der Waals surface area contributed by atoms with Crippen LogP contribution in [0, 0.1) is 5.92 Å². The number of carbonyl (C=O) groups is 2.